The van der Waals surface area contributed by atoms with Crippen molar-refractivity contribution >= 4 is 49.7 Å². The van der Waals surface area contributed by atoms with E-state index in [1.165, 1.54) is 72.1 Å². The lowest BCUT2D eigenvalue weighted by molar-refractivity contribution is 0.397. The van der Waals surface area contributed by atoms with Crippen molar-refractivity contribution in [2.24, 2.45) is 11.8 Å². The van der Waals surface area contributed by atoms with Gasteiger partial charge in [-0.3, -0.25) is 0 Å². The molecule has 0 bridgehead atoms. The maximum atomic E-state index is 6.72. The fourth-order valence-electron chi connectivity index (χ4n) is 12.1. The van der Waals surface area contributed by atoms with Gasteiger partial charge < -0.3 is 9.32 Å². The third-order valence-corrected chi connectivity index (χ3v) is 15.4. The van der Waals surface area contributed by atoms with Gasteiger partial charge in [-0.15, -0.1) is 0 Å². The van der Waals surface area contributed by atoms with Crippen molar-refractivity contribution in [2.75, 3.05) is 4.90 Å². The molecule has 342 valence electrons. The lowest BCUT2D eigenvalue weighted by Gasteiger charge is -2.43. The molecule has 0 aliphatic heterocycles. The molecule has 2 atom stereocenters. The molecule has 70 heavy (non-hydrogen) atoms. The van der Waals surface area contributed by atoms with Crippen LogP contribution in [0.1, 0.15) is 81.8 Å². The van der Waals surface area contributed by atoms with Crippen molar-refractivity contribution in [3.8, 4) is 22.3 Å². The van der Waals surface area contributed by atoms with Crippen LogP contribution < -0.4 is 4.90 Å². The van der Waals surface area contributed by atoms with Crippen LogP contribution in [0.4, 0.5) is 11.4 Å². The first kappa shape index (κ1) is 43.6. The van der Waals surface area contributed by atoms with Crippen molar-refractivity contribution in [2.45, 2.75) is 64.7 Å². The van der Waals surface area contributed by atoms with Crippen LogP contribution in [0, 0.1) is 11.8 Å². The third kappa shape index (κ3) is 6.91. The first-order valence-electron chi connectivity index (χ1n) is 25.0. The molecule has 10 aromatic rings. The third-order valence-electron chi connectivity index (χ3n) is 15.4. The monoisotopic (exact) mass is 905 g/mol. The number of nitrogens with zero attached hydrogens (tertiary/aromatic N) is 1. The van der Waals surface area contributed by atoms with Crippen LogP contribution in [-0.2, 0) is 16.2 Å². The van der Waals surface area contributed by atoms with Crippen LogP contribution in [0.25, 0.3) is 60.5 Å². The van der Waals surface area contributed by atoms with E-state index in [1.54, 1.807) is 0 Å². The van der Waals surface area contributed by atoms with E-state index < -0.39 is 5.41 Å². The number of hydrogen-bond acceptors (Lipinski definition) is 2. The van der Waals surface area contributed by atoms with E-state index in [0.29, 0.717) is 0 Å². The predicted molar refractivity (Wildman–Crippen MR) is 296 cm³/mol. The fraction of sp³-hybridized carbons (Fsp3) is 0.176. The summed E-state index contributed by atoms with van der Waals surface area (Å²) in [7, 11) is 0. The summed E-state index contributed by atoms with van der Waals surface area (Å²) in [5.41, 5.74) is 18.7. The molecule has 0 N–H and O–H groups in total. The summed E-state index contributed by atoms with van der Waals surface area (Å²) in [5.74, 6) is 0.291. The van der Waals surface area contributed by atoms with Crippen molar-refractivity contribution in [3.63, 3.8) is 0 Å². The number of allylic oxidation sites excluding steroid dienone is 3. The molecule has 9 aromatic carbocycles. The Morgan fingerprint density at radius 2 is 1.06 bits per heavy atom. The lowest BCUT2D eigenvalue weighted by Crippen LogP contribution is -2.39. The highest BCUT2D eigenvalue weighted by molar-refractivity contribution is 6.10. The summed E-state index contributed by atoms with van der Waals surface area (Å²) >= 11 is 0. The topological polar surface area (TPSA) is 16.4 Å². The maximum Gasteiger partial charge on any atom is 0.137 e. The molecule has 2 nitrogen and oxygen atoms in total. The molecule has 0 fully saturated rings. The molecule has 1 aromatic heterocycles. The average Bonchev–Trinajstić information content (AvgIpc) is 3.91. The normalized spacial score (nSPS) is 16.5. The number of anilines is 2. The summed E-state index contributed by atoms with van der Waals surface area (Å²) in [6.07, 6.45) is 4.88. The Morgan fingerprint density at radius 3 is 1.74 bits per heavy atom. The highest BCUT2D eigenvalue weighted by Crippen LogP contribution is 2.63. The zero-order valence-corrected chi connectivity index (χ0v) is 41.3. The van der Waals surface area contributed by atoms with E-state index in [4.69, 9.17) is 4.42 Å². The van der Waals surface area contributed by atoms with Crippen LogP contribution >= 0.6 is 0 Å². The van der Waals surface area contributed by atoms with E-state index in [2.05, 4.69) is 272 Å². The highest BCUT2D eigenvalue weighted by Gasteiger charge is 2.55. The molecule has 0 saturated carbocycles. The van der Waals surface area contributed by atoms with Gasteiger partial charge in [0.2, 0.25) is 0 Å². The number of furan rings is 1. The Kier molecular flexibility index (Phi) is 10.3. The lowest BCUT2D eigenvalue weighted by atomic mass is 9.60. The summed E-state index contributed by atoms with van der Waals surface area (Å²) in [5, 5.41) is 4.70. The van der Waals surface area contributed by atoms with Gasteiger partial charge in [0, 0.05) is 34.0 Å². The zero-order chi connectivity index (χ0) is 47.9. The number of fused-ring (bicyclic) bond motifs is 7. The molecule has 2 aliphatic rings. The highest BCUT2D eigenvalue weighted by atomic mass is 16.3. The second kappa shape index (κ2) is 16.5. The first-order chi connectivity index (χ1) is 33.9. The van der Waals surface area contributed by atoms with E-state index in [9.17, 15) is 0 Å². The Hall–Kier alpha value is -7.68. The maximum absolute atomic E-state index is 6.72. The molecule has 0 saturated heterocycles. The minimum atomic E-state index is -0.449. The molecular formula is C68H59NO. The Balaban J connectivity index is 1.16. The van der Waals surface area contributed by atoms with Gasteiger partial charge in [0.15, 0.2) is 0 Å². The minimum absolute atomic E-state index is 0.0211. The van der Waals surface area contributed by atoms with Crippen LogP contribution in [0.15, 0.2) is 229 Å². The first-order valence-corrected chi connectivity index (χ1v) is 25.0. The molecule has 2 aliphatic carbocycles. The molecule has 2 unspecified atom stereocenters. The van der Waals surface area contributed by atoms with E-state index in [-0.39, 0.29) is 22.7 Å². The minimum Gasteiger partial charge on any atom is -0.456 e. The van der Waals surface area contributed by atoms with Gasteiger partial charge in [0.1, 0.15) is 11.2 Å². The molecule has 2 heteroatoms. The SMILES string of the molecule is CC1C=CC(N(c2ccc3c(c2)oc2ccccc23)c2ccccc2-c2cccc3cccc(-c4cc(C(C)(C)C)cc(C(C)(C)C)c4)c23)=C2c3ccccc3C(c3ccccc3)(c3ccccc3)C21. The van der Waals surface area contributed by atoms with Gasteiger partial charge in [-0.1, -0.05) is 230 Å². The predicted octanol–water partition coefficient (Wildman–Crippen LogP) is 18.4. The summed E-state index contributed by atoms with van der Waals surface area (Å²) in [4.78, 5) is 2.55. The number of para-hydroxylation sites is 2. The molecule has 0 radical (unpaired) electrons. The van der Waals surface area contributed by atoms with Crippen LogP contribution in [0.5, 0.6) is 0 Å². The summed E-state index contributed by atoms with van der Waals surface area (Å²) in [6, 6.07) is 77.0. The smallest absolute Gasteiger partial charge is 0.137 e. The van der Waals surface area contributed by atoms with Crippen molar-refractivity contribution in [3.05, 3.63) is 257 Å². The van der Waals surface area contributed by atoms with Gasteiger partial charge in [-0.2, -0.15) is 0 Å². The second-order valence-corrected chi connectivity index (χ2v) is 21.7. The van der Waals surface area contributed by atoms with E-state index >= 15 is 0 Å². The molecule has 0 amide bonds. The quantitative estimate of drug-likeness (QED) is 0.158. The molecule has 12 rings (SSSR count). The summed E-state index contributed by atoms with van der Waals surface area (Å²) < 4.78 is 6.72. The average molecular weight is 906 g/mol. The standard InChI is InChI=1S/C68H59NO/c1-44-36-39-60(64-57-30-14-17-33-58(57)68(65(44)64,47-24-10-8-11-25-47)48-26-12-9-13-27-48)69(51-37-38-55-54-29-16-19-35-61(54)70-62(55)43-51)59-34-18-15-28-53(59)56-32-21-23-45-22-20-31-52(63(45)56)46-40-49(66(2,3)4)42-50(41-46)67(5,6)7/h8-44,65H,1-7H3. The number of benzene rings is 9. The van der Waals surface area contributed by atoms with Crippen molar-refractivity contribution < 1.29 is 4.42 Å². The molecular weight excluding hydrogens is 847 g/mol. The van der Waals surface area contributed by atoms with Crippen LogP contribution in [0.2, 0.25) is 0 Å². The molecule has 1 heterocycles. The van der Waals surface area contributed by atoms with Crippen LogP contribution in [-0.4, -0.2) is 0 Å². The number of hydrogen-bond donors (Lipinski definition) is 0. The van der Waals surface area contributed by atoms with Gasteiger partial charge in [-0.25, -0.2) is 0 Å². The van der Waals surface area contributed by atoms with Gasteiger partial charge in [0.05, 0.1) is 16.8 Å². The Morgan fingerprint density at radius 1 is 0.486 bits per heavy atom. The van der Waals surface area contributed by atoms with Gasteiger partial charge in [0.25, 0.3) is 0 Å². The van der Waals surface area contributed by atoms with Crippen molar-refractivity contribution in [1.82, 2.24) is 0 Å². The molecule has 0 spiro atoms. The van der Waals surface area contributed by atoms with Crippen molar-refractivity contribution in [1.29, 1.82) is 0 Å². The zero-order valence-electron chi connectivity index (χ0n) is 41.3. The Labute approximate surface area is 413 Å². The van der Waals surface area contributed by atoms with Gasteiger partial charge in [-0.05, 0) is 114 Å². The summed E-state index contributed by atoms with van der Waals surface area (Å²) in [6.45, 7) is 16.4. The van der Waals surface area contributed by atoms with Gasteiger partial charge >= 0.3 is 0 Å². The number of rotatable bonds is 7. The van der Waals surface area contributed by atoms with Crippen LogP contribution in [0.3, 0.4) is 0 Å². The van der Waals surface area contributed by atoms with E-state index in [1.807, 2.05) is 0 Å². The fourth-order valence-corrected chi connectivity index (χ4v) is 12.1. The second-order valence-electron chi connectivity index (χ2n) is 21.7. The van der Waals surface area contributed by atoms with E-state index in [0.717, 1.165) is 38.9 Å². The largest absolute Gasteiger partial charge is 0.456 e. The Bertz CT molecular complexity index is 3630.